The first-order chi connectivity index (χ1) is 9.81. The summed E-state index contributed by atoms with van der Waals surface area (Å²) in [6.45, 7) is 5.89. The van der Waals surface area contributed by atoms with E-state index in [1.807, 2.05) is 13.0 Å². The molecule has 0 radical (unpaired) electrons. The minimum atomic E-state index is 0.717. The molecule has 1 aromatic carbocycles. The SMILES string of the molecule is Cc1cc(CNCc2ccc(N3CCCC3)cc2)on1. The number of aromatic nitrogens is 1. The van der Waals surface area contributed by atoms with E-state index in [9.17, 15) is 0 Å². The Kier molecular flexibility index (Phi) is 4.02. The van der Waals surface area contributed by atoms with Crippen molar-refractivity contribution < 1.29 is 4.52 Å². The monoisotopic (exact) mass is 271 g/mol. The summed E-state index contributed by atoms with van der Waals surface area (Å²) in [6.07, 6.45) is 2.64. The first-order valence-electron chi connectivity index (χ1n) is 7.28. The summed E-state index contributed by atoms with van der Waals surface area (Å²) in [5.41, 5.74) is 3.57. The Labute approximate surface area is 119 Å². The molecule has 20 heavy (non-hydrogen) atoms. The summed E-state index contributed by atoms with van der Waals surface area (Å²) >= 11 is 0. The van der Waals surface area contributed by atoms with Gasteiger partial charge in [0.2, 0.25) is 0 Å². The summed E-state index contributed by atoms with van der Waals surface area (Å²) in [6, 6.07) is 10.8. The lowest BCUT2D eigenvalue weighted by atomic mass is 10.2. The average Bonchev–Trinajstić information content (AvgIpc) is 3.11. The number of nitrogens with one attached hydrogen (secondary N) is 1. The third-order valence-corrected chi connectivity index (χ3v) is 3.71. The molecule has 1 fully saturated rings. The lowest BCUT2D eigenvalue weighted by Crippen LogP contribution is -2.17. The van der Waals surface area contributed by atoms with Crippen LogP contribution in [0.5, 0.6) is 0 Å². The highest BCUT2D eigenvalue weighted by Gasteiger charge is 2.11. The van der Waals surface area contributed by atoms with Gasteiger partial charge in [0, 0.05) is 31.4 Å². The molecule has 0 atom stereocenters. The van der Waals surface area contributed by atoms with Crippen molar-refractivity contribution in [3.05, 3.63) is 47.3 Å². The number of anilines is 1. The van der Waals surface area contributed by atoms with Crippen molar-refractivity contribution >= 4 is 5.69 Å². The minimum Gasteiger partial charge on any atom is -0.372 e. The smallest absolute Gasteiger partial charge is 0.150 e. The second kappa shape index (κ2) is 6.09. The number of hydrogen-bond donors (Lipinski definition) is 1. The van der Waals surface area contributed by atoms with E-state index in [0.29, 0.717) is 6.54 Å². The van der Waals surface area contributed by atoms with Gasteiger partial charge in [0.25, 0.3) is 0 Å². The molecule has 0 spiro atoms. The number of nitrogens with zero attached hydrogens (tertiary/aromatic N) is 2. The predicted octanol–water partition coefficient (Wildman–Crippen LogP) is 2.87. The Morgan fingerprint density at radius 2 is 1.90 bits per heavy atom. The van der Waals surface area contributed by atoms with Crippen LogP contribution < -0.4 is 10.2 Å². The van der Waals surface area contributed by atoms with Gasteiger partial charge in [-0.1, -0.05) is 17.3 Å². The van der Waals surface area contributed by atoms with Crippen LogP contribution in [0.2, 0.25) is 0 Å². The normalized spacial score (nSPS) is 14.9. The van der Waals surface area contributed by atoms with Gasteiger partial charge in [-0.05, 0) is 37.5 Å². The van der Waals surface area contributed by atoms with Crippen molar-refractivity contribution in [2.24, 2.45) is 0 Å². The van der Waals surface area contributed by atoms with E-state index in [0.717, 1.165) is 18.0 Å². The van der Waals surface area contributed by atoms with Crippen LogP contribution in [0.3, 0.4) is 0 Å². The van der Waals surface area contributed by atoms with Crippen LogP contribution in [0.25, 0.3) is 0 Å². The molecule has 0 saturated carbocycles. The summed E-state index contributed by atoms with van der Waals surface area (Å²) in [5.74, 6) is 0.885. The Balaban J connectivity index is 1.50. The largest absolute Gasteiger partial charge is 0.372 e. The molecule has 1 aromatic heterocycles. The minimum absolute atomic E-state index is 0.717. The molecular formula is C16H21N3O. The van der Waals surface area contributed by atoms with Gasteiger partial charge in [-0.3, -0.25) is 0 Å². The molecule has 3 rings (SSSR count). The number of rotatable bonds is 5. The van der Waals surface area contributed by atoms with Crippen LogP contribution in [-0.4, -0.2) is 18.2 Å². The average molecular weight is 271 g/mol. The first kappa shape index (κ1) is 13.2. The summed E-state index contributed by atoms with van der Waals surface area (Å²) in [7, 11) is 0. The molecule has 1 aliphatic rings. The van der Waals surface area contributed by atoms with Crippen molar-refractivity contribution in [3.8, 4) is 0 Å². The van der Waals surface area contributed by atoms with Crippen LogP contribution in [-0.2, 0) is 13.1 Å². The molecule has 0 unspecified atom stereocenters. The molecule has 0 aliphatic carbocycles. The fourth-order valence-corrected chi connectivity index (χ4v) is 2.63. The van der Waals surface area contributed by atoms with Gasteiger partial charge in [0.1, 0.15) is 0 Å². The van der Waals surface area contributed by atoms with Gasteiger partial charge in [-0.2, -0.15) is 0 Å². The van der Waals surface area contributed by atoms with Crippen LogP contribution in [0.1, 0.15) is 29.9 Å². The van der Waals surface area contributed by atoms with E-state index in [2.05, 4.69) is 39.6 Å². The quantitative estimate of drug-likeness (QED) is 0.908. The number of benzene rings is 1. The van der Waals surface area contributed by atoms with Gasteiger partial charge in [0.05, 0.1) is 12.2 Å². The Morgan fingerprint density at radius 1 is 1.15 bits per heavy atom. The first-order valence-corrected chi connectivity index (χ1v) is 7.28. The highest BCUT2D eigenvalue weighted by atomic mass is 16.5. The molecule has 1 saturated heterocycles. The van der Waals surface area contributed by atoms with Crippen molar-refractivity contribution in [2.75, 3.05) is 18.0 Å². The summed E-state index contributed by atoms with van der Waals surface area (Å²) in [5, 5.41) is 7.25. The molecule has 106 valence electrons. The van der Waals surface area contributed by atoms with E-state index in [-0.39, 0.29) is 0 Å². The van der Waals surface area contributed by atoms with Gasteiger partial charge in [0.15, 0.2) is 5.76 Å². The third kappa shape index (κ3) is 3.20. The van der Waals surface area contributed by atoms with Crippen molar-refractivity contribution in [1.82, 2.24) is 10.5 Å². The molecular weight excluding hydrogens is 250 g/mol. The van der Waals surface area contributed by atoms with Gasteiger partial charge < -0.3 is 14.7 Å². The van der Waals surface area contributed by atoms with Crippen molar-refractivity contribution in [2.45, 2.75) is 32.9 Å². The Hall–Kier alpha value is -1.81. The lowest BCUT2D eigenvalue weighted by molar-refractivity contribution is 0.369. The Bertz CT molecular complexity index is 541. The predicted molar refractivity (Wildman–Crippen MR) is 79.7 cm³/mol. The molecule has 2 aromatic rings. The topological polar surface area (TPSA) is 41.3 Å². The second-order valence-corrected chi connectivity index (χ2v) is 5.40. The van der Waals surface area contributed by atoms with E-state index >= 15 is 0 Å². The fraction of sp³-hybridized carbons (Fsp3) is 0.438. The summed E-state index contributed by atoms with van der Waals surface area (Å²) < 4.78 is 5.17. The third-order valence-electron chi connectivity index (χ3n) is 3.71. The van der Waals surface area contributed by atoms with Crippen LogP contribution in [0, 0.1) is 6.92 Å². The maximum atomic E-state index is 5.17. The maximum Gasteiger partial charge on any atom is 0.150 e. The molecule has 1 aliphatic heterocycles. The van der Waals surface area contributed by atoms with Crippen LogP contribution >= 0.6 is 0 Å². The molecule has 0 bridgehead atoms. The van der Waals surface area contributed by atoms with Crippen LogP contribution in [0.4, 0.5) is 5.69 Å². The molecule has 0 amide bonds. The van der Waals surface area contributed by atoms with Gasteiger partial charge in [-0.15, -0.1) is 0 Å². The maximum absolute atomic E-state index is 5.17. The highest BCUT2D eigenvalue weighted by Crippen LogP contribution is 2.20. The Morgan fingerprint density at radius 3 is 2.55 bits per heavy atom. The zero-order chi connectivity index (χ0) is 13.8. The molecule has 1 N–H and O–H groups in total. The van der Waals surface area contributed by atoms with E-state index in [1.54, 1.807) is 0 Å². The number of hydrogen-bond acceptors (Lipinski definition) is 4. The molecule has 2 heterocycles. The van der Waals surface area contributed by atoms with Gasteiger partial charge >= 0.3 is 0 Å². The van der Waals surface area contributed by atoms with E-state index < -0.39 is 0 Å². The number of aryl methyl sites for hydroxylation is 1. The molecule has 4 heteroatoms. The van der Waals surface area contributed by atoms with E-state index in [1.165, 1.54) is 37.2 Å². The van der Waals surface area contributed by atoms with E-state index in [4.69, 9.17) is 4.52 Å². The summed E-state index contributed by atoms with van der Waals surface area (Å²) in [4.78, 5) is 2.45. The van der Waals surface area contributed by atoms with Crippen molar-refractivity contribution in [3.63, 3.8) is 0 Å². The van der Waals surface area contributed by atoms with Crippen molar-refractivity contribution in [1.29, 1.82) is 0 Å². The standard InChI is InChI=1S/C16H21N3O/c1-13-10-16(20-18-13)12-17-11-14-4-6-15(7-5-14)19-8-2-3-9-19/h4-7,10,17H,2-3,8-9,11-12H2,1H3. The second-order valence-electron chi connectivity index (χ2n) is 5.40. The zero-order valence-electron chi connectivity index (χ0n) is 11.9. The van der Waals surface area contributed by atoms with Gasteiger partial charge in [-0.25, -0.2) is 0 Å². The zero-order valence-corrected chi connectivity index (χ0v) is 11.9. The molecule has 4 nitrogen and oxygen atoms in total. The highest BCUT2D eigenvalue weighted by molar-refractivity contribution is 5.48. The fourth-order valence-electron chi connectivity index (χ4n) is 2.63. The van der Waals surface area contributed by atoms with Crippen LogP contribution in [0.15, 0.2) is 34.9 Å². The lowest BCUT2D eigenvalue weighted by Gasteiger charge is -2.17.